The molecule has 1 heterocycles. The molecule has 0 bridgehead atoms. The molecular formula is C40H62N10O14. The topological polar surface area (TPSA) is 377 Å². The first kappa shape index (κ1) is 53.7. The van der Waals surface area contributed by atoms with Gasteiger partial charge in [-0.1, -0.05) is 32.4 Å². The van der Waals surface area contributed by atoms with E-state index in [1.54, 1.807) is 13.8 Å². The van der Waals surface area contributed by atoms with Gasteiger partial charge in [0.25, 0.3) is 0 Å². The minimum atomic E-state index is -1.65. The van der Waals surface area contributed by atoms with Crippen LogP contribution in [-0.2, 0) is 54.4 Å². The molecule has 24 heteroatoms. The average Bonchev–Trinajstić information content (AvgIpc) is 3.76. The summed E-state index contributed by atoms with van der Waals surface area (Å²) in [6.07, 6.45) is 1.11. The lowest BCUT2D eigenvalue weighted by atomic mass is 9.96. The highest BCUT2D eigenvalue weighted by atomic mass is 16.4. The quantitative estimate of drug-likeness (QED) is 0.0462. The molecule has 1 aromatic rings. The number of nitrogens with one attached hydrogen (secondary N) is 8. The number of aliphatic hydroxyl groups is 2. The van der Waals surface area contributed by atoms with E-state index in [2.05, 4.69) is 37.2 Å². The number of hydrogen-bond donors (Lipinski definition) is 13. The molecule has 1 saturated heterocycles. The van der Waals surface area contributed by atoms with Crippen LogP contribution in [0.15, 0.2) is 24.3 Å². The number of nitrogens with zero attached hydrogens (tertiary/aromatic N) is 1. The van der Waals surface area contributed by atoms with E-state index in [9.17, 15) is 58.2 Å². The van der Waals surface area contributed by atoms with Crippen molar-refractivity contribution < 1.29 is 68.4 Å². The molecule has 0 radical (unpaired) electrons. The van der Waals surface area contributed by atoms with Gasteiger partial charge in [-0.3, -0.25) is 43.2 Å². The smallest absolute Gasteiger partial charge is 0.328 e. The van der Waals surface area contributed by atoms with Crippen molar-refractivity contribution in [1.29, 1.82) is 0 Å². The second-order valence-corrected chi connectivity index (χ2v) is 15.5. The van der Waals surface area contributed by atoms with Gasteiger partial charge in [0.2, 0.25) is 53.2 Å². The molecule has 356 valence electrons. The van der Waals surface area contributed by atoms with Crippen LogP contribution in [0.5, 0.6) is 5.75 Å². The maximum absolute atomic E-state index is 14.0. The summed E-state index contributed by atoms with van der Waals surface area (Å²) in [7, 11) is 0. The van der Waals surface area contributed by atoms with Crippen LogP contribution < -0.4 is 48.3 Å². The van der Waals surface area contributed by atoms with Crippen molar-refractivity contribution in [2.45, 2.75) is 122 Å². The number of amides is 9. The summed E-state index contributed by atoms with van der Waals surface area (Å²) in [5.41, 5.74) is 5.94. The van der Waals surface area contributed by atoms with Crippen LogP contribution in [-0.4, -0.2) is 165 Å². The van der Waals surface area contributed by atoms with E-state index in [1.807, 2.05) is 5.32 Å². The number of aliphatic carboxylic acids is 1. The molecular weight excluding hydrogens is 844 g/mol. The monoisotopic (exact) mass is 906 g/mol. The molecule has 0 saturated carbocycles. The number of carboxylic acid groups (broad SMARTS) is 1. The number of rotatable bonds is 24. The number of aliphatic hydroxyl groups excluding tert-OH is 2. The third kappa shape index (κ3) is 16.1. The Morgan fingerprint density at radius 2 is 1.09 bits per heavy atom. The fraction of sp³-hybridized carbons (Fsp3) is 0.600. The minimum Gasteiger partial charge on any atom is -0.508 e. The van der Waals surface area contributed by atoms with E-state index in [1.165, 1.54) is 56.9 Å². The number of carbonyl (C=O) groups is 10. The zero-order valence-corrected chi connectivity index (χ0v) is 36.6. The zero-order chi connectivity index (χ0) is 48.4. The summed E-state index contributed by atoms with van der Waals surface area (Å²) in [5.74, 6) is -9.39. The van der Waals surface area contributed by atoms with Gasteiger partial charge in [0.05, 0.1) is 19.8 Å². The third-order valence-corrected chi connectivity index (χ3v) is 10.5. The van der Waals surface area contributed by atoms with Crippen molar-refractivity contribution in [2.75, 3.05) is 26.3 Å². The van der Waals surface area contributed by atoms with Crippen molar-refractivity contribution >= 4 is 59.1 Å². The lowest BCUT2D eigenvalue weighted by molar-refractivity contribution is -0.143. The maximum atomic E-state index is 14.0. The SMILES string of the molecule is CC[C@H](C)[C@H](NC(=O)[C@H](Cc1ccc(O)cc1)NC(=O)[C@H](C)NC(=O)[C@H](C)NC(=O)[C@@H]1CCCN1C(=O)CN)C(=O)N[C@@H](CO)C(=O)N[C@H](C)C(=O)N[C@@H](C)C(=O)N[C@@H](CO)C(=O)O. The summed E-state index contributed by atoms with van der Waals surface area (Å²) in [4.78, 5) is 130. The highest BCUT2D eigenvalue weighted by Crippen LogP contribution is 2.18. The summed E-state index contributed by atoms with van der Waals surface area (Å²) < 4.78 is 0. The molecule has 2 rings (SSSR count). The summed E-state index contributed by atoms with van der Waals surface area (Å²) in [6, 6.07) is -6.17. The first-order valence-electron chi connectivity index (χ1n) is 20.7. The fourth-order valence-electron chi connectivity index (χ4n) is 6.28. The number of phenols is 1. The molecule has 9 amide bonds. The van der Waals surface area contributed by atoms with Gasteiger partial charge in [-0.15, -0.1) is 0 Å². The van der Waals surface area contributed by atoms with Gasteiger partial charge < -0.3 is 73.6 Å². The highest BCUT2D eigenvalue weighted by molar-refractivity contribution is 5.98. The molecule has 64 heavy (non-hydrogen) atoms. The molecule has 1 fully saturated rings. The molecule has 0 aromatic heterocycles. The zero-order valence-electron chi connectivity index (χ0n) is 36.6. The van der Waals surface area contributed by atoms with E-state index < -0.39 is 133 Å². The van der Waals surface area contributed by atoms with Crippen LogP contribution in [0.1, 0.15) is 66.4 Å². The Kier molecular flexibility index (Phi) is 21.5. The van der Waals surface area contributed by atoms with Gasteiger partial charge in [0, 0.05) is 13.0 Å². The van der Waals surface area contributed by atoms with E-state index in [0.717, 1.165) is 0 Å². The molecule has 0 spiro atoms. The highest BCUT2D eigenvalue weighted by Gasteiger charge is 2.36. The Balaban J connectivity index is 2.17. The standard InChI is InChI=1S/C40H62N10O14/c1-7-19(2)31(39(62)47-27(17-51)37(60)44-20(3)32(55)43-23(6)35(58)48-28(18-52)40(63)64)49-36(59)26(15-24-10-12-25(53)13-11-24)46-34(57)22(5)42-33(56)21(4)45-38(61)29-9-8-14-50(29)30(54)16-41/h10-13,19-23,26-29,31,51-53H,7-9,14-18,41H2,1-6H3,(H,42,56)(H,43,55)(H,44,60)(H,45,61)(H,46,57)(H,47,62)(H,48,58)(H,49,59)(H,63,64)/t19-,20+,21-,22-,23-,26-,27-,28-,29-,31-/m0/s1. The molecule has 24 nitrogen and oxygen atoms in total. The van der Waals surface area contributed by atoms with E-state index >= 15 is 0 Å². The molecule has 1 aromatic carbocycles. The average molecular weight is 907 g/mol. The third-order valence-electron chi connectivity index (χ3n) is 10.5. The van der Waals surface area contributed by atoms with Crippen LogP contribution in [0, 0.1) is 5.92 Å². The summed E-state index contributed by atoms with van der Waals surface area (Å²) in [6.45, 7) is 6.71. The van der Waals surface area contributed by atoms with Crippen molar-refractivity contribution in [3.8, 4) is 5.75 Å². The summed E-state index contributed by atoms with van der Waals surface area (Å²) >= 11 is 0. The first-order chi connectivity index (χ1) is 30.1. The first-order valence-corrected chi connectivity index (χ1v) is 20.7. The Bertz CT molecular complexity index is 1850. The van der Waals surface area contributed by atoms with Crippen LogP contribution in [0.25, 0.3) is 0 Å². The number of nitrogens with two attached hydrogens (primary N) is 1. The number of aromatic hydroxyl groups is 1. The Morgan fingerprint density at radius 3 is 1.58 bits per heavy atom. The predicted octanol–water partition coefficient (Wildman–Crippen LogP) is -5.04. The molecule has 0 aliphatic carbocycles. The number of likely N-dealkylation sites (tertiary alicyclic amines) is 1. The van der Waals surface area contributed by atoms with Crippen molar-refractivity contribution in [1.82, 2.24) is 47.4 Å². The molecule has 0 unspecified atom stereocenters. The molecule has 14 N–H and O–H groups in total. The Hall–Kier alpha value is -6.40. The van der Waals surface area contributed by atoms with E-state index in [4.69, 9.17) is 15.9 Å². The lowest BCUT2D eigenvalue weighted by Gasteiger charge is -2.29. The van der Waals surface area contributed by atoms with E-state index in [-0.39, 0.29) is 18.7 Å². The van der Waals surface area contributed by atoms with Gasteiger partial charge in [-0.2, -0.15) is 0 Å². The van der Waals surface area contributed by atoms with Gasteiger partial charge in [0.15, 0.2) is 0 Å². The van der Waals surface area contributed by atoms with E-state index in [0.29, 0.717) is 31.4 Å². The van der Waals surface area contributed by atoms with Crippen LogP contribution in [0.4, 0.5) is 0 Å². The number of carboxylic acids is 1. The van der Waals surface area contributed by atoms with Gasteiger partial charge in [-0.25, -0.2) is 4.79 Å². The second-order valence-electron chi connectivity index (χ2n) is 15.5. The maximum Gasteiger partial charge on any atom is 0.328 e. The largest absolute Gasteiger partial charge is 0.508 e. The normalized spacial score (nSPS) is 17.6. The molecule has 10 atom stereocenters. The molecule has 1 aliphatic heterocycles. The second kappa shape index (κ2) is 25.6. The van der Waals surface area contributed by atoms with Gasteiger partial charge in [-0.05, 0) is 64.2 Å². The Morgan fingerprint density at radius 1 is 0.641 bits per heavy atom. The van der Waals surface area contributed by atoms with Crippen molar-refractivity contribution in [2.24, 2.45) is 11.7 Å². The van der Waals surface area contributed by atoms with Crippen molar-refractivity contribution in [3.63, 3.8) is 0 Å². The minimum absolute atomic E-state index is 0.0733. The van der Waals surface area contributed by atoms with Crippen molar-refractivity contribution in [3.05, 3.63) is 29.8 Å². The number of benzene rings is 1. The number of carbonyl (C=O) groups excluding carboxylic acids is 9. The van der Waals surface area contributed by atoms with Gasteiger partial charge in [0.1, 0.15) is 60.1 Å². The van der Waals surface area contributed by atoms with Crippen LogP contribution >= 0.6 is 0 Å². The summed E-state index contributed by atoms with van der Waals surface area (Å²) in [5, 5.41) is 57.2. The van der Waals surface area contributed by atoms with Crippen LogP contribution in [0.2, 0.25) is 0 Å². The predicted molar refractivity (Wildman–Crippen MR) is 225 cm³/mol. The Labute approximate surface area is 369 Å². The lowest BCUT2D eigenvalue weighted by Crippen LogP contribution is -2.61. The van der Waals surface area contributed by atoms with Gasteiger partial charge >= 0.3 is 5.97 Å². The molecule has 1 aliphatic rings. The fourth-order valence-corrected chi connectivity index (χ4v) is 6.28. The number of hydrogen-bond acceptors (Lipinski definition) is 14. The van der Waals surface area contributed by atoms with Crippen LogP contribution in [0.3, 0.4) is 0 Å². The number of phenolic OH excluding ortho intramolecular Hbond substituents is 1.